The second-order valence-electron chi connectivity index (χ2n) is 4.83. The van der Waals surface area contributed by atoms with Crippen molar-refractivity contribution in [3.05, 3.63) is 17.5 Å². The molecule has 0 aliphatic heterocycles. The lowest BCUT2D eigenvalue weighted by atomic mass is 10.3. The summed E-state index contributed by atoms with van der Waals surface area (Å²) in [5.41, 5.74) is 0.973. The zero-order valence-corrected chi connectivity index (χ0v) is 10.9. The molecule has 0 aromatic carbocycles. The van der Waals surface area contributed by atoms with Gasteiger partial charge in [0, 0.05) is 24.7 Å². The molecule has 0 saturated heterocycles. The SMILES string of the molecule is CC(C)NCc1cc(CN(C)C(C)C)on1. The molecule has 0 fully saturated rings. The third kappa shape index (κ3) is 4.33. The first-order valence-corrected chi connectivity index (χ1v) is 5.87. The molecule has 1 aromatic rings. The first-order chi connectivity index (χ1) is 7.49. The molecule has 0 unspecified atom stereocenters. The maximum atomic E-state index is 5.29. The van der Waals surface area contributed by atoms with E-state index in [9.17, 15) is 0 Å². The van der Waals surface area contributed by atoms with Crippen molar-refractivity contribution in [3.8, 4) is 0 Å². The van der Waals surface area contributed by atoms with Gasteiger partial charge in [0.05, 0.1) is 12.2 Å². The fourth-order valence-electron chi connectivity index (χ4n) is 1.25. The van der Waals surface area contributed by atoms with Crippen molar-refractivity contribution in [2.24, 2.45) is 0 Å². The van der Waals surface area contributed by atoms with Crippen molar-refractivity contribution >= 4 is 0 Å². The van der Waals surface area contributed by atoms with Gasteiger partial charge in [-0.1, -0.05) is 19.0 Å². The van der Waals surface area contributed by atoms with Gasteiger partial charge in [-0.15, -0.1) is 0 Å². The van der Waals surface area contributed by atoms with Gasteiger partial charge in [0.15, 0.2) is 5.76 Å². The summed E-state index contributed by atoms with van der Waals surface area (Å²) in [4.78, 5) is 2.22. The van der Waals surface area contributed by atoms with Crippen LogP contribution >= 0.6 is 0 Å². The highest BCUT2D eigenvalue weighted by Crippen LogP contribution is 2.08. The average Bonchev–Trinajstić information content (AvgIpc) is 2.62. The van der Waals surface area contributed by atoms with Crippen molar-refractivity contribution in [2.45, 2.75) is 52.9 Å². The number of hydrogen-bond acceptors (Lipinski definition) is 4. The predicted octanol–water partition coefficient (Wildman–Crippen LogP) is 2.01. The largest absolute Gasteiger partial charge is 0.360 e. The van der Waals surface area contributed by atoms with Gasteiger partial charge in [0.2, 0.25) is 0 Å². The van der Waals surface area contributed by atoms with Crippen LogP contribution in [0.25, 0.3) is 0 Å². The molecule has 4 heteroatoms. The predicted molar refractivity (Wildman–Crippen MR) is 65.1 cm³/mol. The monoisotopic (exact) mass is 225 g/mol. The van der Waals surface area contributed by atoms with E-state index >= 15 is 0 Å². The van der Waals surface area contributed by atoms with E-state index < -0.39 is 0 Å². The first kappa shape index (κ1) is 13.2. The summed E-state index contributed by atoms with van der Waals surface area (Å²) in [7, 11) is 2.08. The van der Waals surface area contributed by atoms with Crippen LogP contribution in [0, 0.1) is 0 Å². The Morgan fingerprint density at radius 3 is 2.62 bits per heavy atom. The molecule has 0 amide bonds. The van der Waals surface area contributed by atoms with Crippen LogP contribution in [0.3, 0.4) is 0 Å². The summed E-state index contributed by atoms with van der Waals surface area (Å²) < 4.78 is 5.29. The zero-order valence-electron chi connectivity index (χ0n) is 10.9. The Balaban J connectivity index is 2.45. The number of nitrogens with one attached hydrogen (secondary N) is 1. The molecule has 92 valence electrons. The molecule has 0 saturated carbocycles. The standard InChI is InChI=1S/C12H23N3O/c1-9(2)13-7-11-6-12(16-14-11)8-15(5)10(3)4/h6,9-10,13H,7-8H2,1-5H3. The lowest BCUT2D eigenvalue weighted by Gasteiger charge is -2.18. The summed E-state index contributed by atoms with van der Waals surface area (Å²) in [6.45, 7) is 10.1. The molecular formula is C12H23N3O. The molecule has 0 atom stereocenters. The highest BCUT2D eigenvalue weighted by molar-refractivity contribution is 5.05. The van der Waals surface area contributed by atoms with E-state index in [1.54, 1.807) is 0 Å². The second-order valence-corrected chi connectivity index (χ2v) is 4.83. The van der Waals surface area contributed by atoms with Gasteiger partial charge in [-0.25, -0.2) is 0 Å². The molecular weight excluding hydrogens is 202 g/mol. The molecule has 16 heavy (non-hydrogen) atoms. The summed E-state index contributed by atoms with van der Waals surface area (Å²) in [6.07, 6.45) is 0. The fourth-order valence-corrected chi connectivity index (χ4v) is 1.25. The second kappa shape index (κ2) is 6.01. The summed E-state index contributed by atoms with van der Waals surface area (Å²) in [5.74, 6) is 0.928. The molecule has 1 rings (SSSR count). The average molecular weight is 225 g/mol. The molecule has 0 aliphatic carbocycles. The van der Waals surface area contributed by atoms with Crippen molar-refractivity contribution < 1.29 is 4.52 Å². The lowest BCUT2D eigenvalue weighted by Crippen LogP contribution is -2.25. The molecule has 1 N–H and O–H groups in total. The van der Waals surface area contributed by atoms with E-state index in [4.69, 9.17) is 4.52 Å². The van der Waals surface area contributed by atoms with Crippen LogP contribution in [0.15, 0.2) is 10.6 Å². The molecule has 0 spiro atoms. The third-order valence-corrected chi connectivity index (χ3v) is 2.59. The first-order valence-electron chi connectivity index (χ1n) is 5.87. The normalized spacial score (nSPS) is 12.0. The van der Waals surface area contributed by atoms with Crippen LogP contribution in [0.4, 0.5) is 0 Å². The quantitative estimate of drug-likeness (QED) is 0.804. The number of hydrogen-bond donors (Lipinski definition) is 1. The number of aromatic nitrogens is 1. The Labute approximate surface area is 98.0 Å². The van der Waals surface area contributed by atoms with Crippen LogP contribution in [-0.2, 0) is 13.1 Å². The van der Waals surface area contributed by atoms with Crippen LogP contribution in [0.5, 0.6) is 0 Å². The minimum absolute atomic E-state index is 0.471. The molecule has 4 nitrogen and oxygen atoms in total. The summed E-state index contributed by atoms with van der Waals surface area (Å²) in [6, 6.07) is 3.01. The smallest absolute Gasteiger partial charge is 0.151 e. The molecule has 0 bridgehead atoms. The highest BCUT2D eigenvalue weighted by Gasteiger charge is 2.09. The Bertz CT molecular complexity index is 307. The van der Waals surface area contributed by atoms with E-state index in [2.05, 4.69) is 50.1 Å². The Morgan fingerprint density at radius 2 is 2.06 bits per heavy atom. The van der Waals surface area contributed by atoms with Crippen LogP contribution in [0.1, 0.15) is 39.1 Å². The lowest BCUT2D eigenvalue weighted by molar-refractivity contribution is 0.230. The van der Waals surface area contributed by atoms with E-state index in [1.165, 1.54) is 0 Å². The molecule has 0 aliphatic rings. The van der Waals surface area contributed by atoms with E-state index in [0.29, 0.717) is 12.1 Å². The van der Waals surface area contributed by atoms with Gasteiger partial charge in [-0.2, -0.15) is 0 Å². The van der Waals surface area contributed by atoms with E-state index in [-0.39, 0.29) is 0 Å². The maximum absolute atomic E-state index is 5.29. The minimum Gasteiger partial charge on any atom is -0.360 e. The minimum atomic E-state index is 0.471. The molecule has 1 aromatic heterocycles. The number of nitrogens with zero attached hydrogens (tertiary/aromatic N) is 2. The van der Waals surface area contributed by atoms with Gasteiger partial charge in [0.1, 0.15) is 0 Å². The van der Waals surface area contributed by atoms with Crippen LogP contribution in [-0.4, -0.2) is 29.2 Å². The van der Waals surface area contributed by atoms with Crippen molar-refractivity contribution in [2.75, 3.05) is 7.05 Å². The van der Waals surface area contributed by atoms with Gasteiger partial charge < -0.3 is 9.84 Å². The van der Waals surface area contributed by atoms with E-state index in [1.807, 2.05) is 6.07 Å². The van der Waals surface area contributed by atoms with Crippen molar-refractivity contribution in [3.63, 3.8) is 0 Å². The summed E-state index contributed by atoms with van der Waals surface area (Å²) in [5, 5.41) is 7.35. The third-order valence-electron chi connectivity index (χ3n) is 2.59. The molecule has 0 radical (unpaired) electrons. The fraction of sp³-hybridized carbons (Fsp3) is 0.750. The highest BCUT2D eigenvalue weighted by atomic mass is 16.5. The zero-order chi connectivity index (χ0) is 12.1. The Kier molecular flexibility index (Phi) is 4.96. The van der Waals surface area contributed by atoms with Crippen LogP contribution < -0.4 is 5.32 Å². The van der Waals surface area contributed by atoms with Gasteiger partial charge in [-0.3, -0.25) is 4.90 Å². The van der Waals surface area contributed by atoms with E-state index in [0.717, 1.165) is 24.5 Å². The Morgan fingerprint density at radius 1 is 1.38 bits per heavy atom. The van der Waals surface area contributed by atoms with Gasteiger partial charge in [0.25, 0.3) is 0 Å². The van der Waals surface area contributed by atoms with Crippen molar-refractivity contribution in [1.29, 1.82) is 0 Å². The van der Waals surface area contributed by atoms with Gasteiger partial charge in [-0.05, 0) is 20.9 Å². The number of rotatable bonds is 6. The maximum Gasteiger partial charge on any atom is 0.151 e. The topological polar surface area (TPSA) is 41.3 Å². The van der Waals surface area contributed by atoms with Crippen LogP contribution in [0.2, 0.25) is 0 Å². The molecule has 1 heterocycles. The van der Waals surface area contributed by atoms with Crippen molar-refractivity contribution in [1.82, 2.24) is 15.4 Å². The Hall–Kier alpha value is -0.870. The summed E-state index contributed by atoms with van der Waals surface area (Å²) >= 11 is 0. The van der Waals surface area contributed by atoms with Gasteiger partial charge >= 0.3 is 0 Å².